The fourth-order valence-corrected chi connectivity index (χ4v) is 3.27. The Hall–Kier alpha value is -1.86. The van der Waals surface area contributed by atoms with E-state index in [9.17, 15) is 17.2 Å². The summed E-state index contributed by atoms with van der Waals surface area (Å²) >= 11 is 5.81. The molecule has 0 saturated heterocycles. The molecule has 0 fully saturated rings. The summed E-state index contributed by atoms with van der Waals surface area (Å²) in [5.41, 5.74) is 5.33. The summed E-state index contributed by atoms with van der Waals surface area (Å²) in [6.07, 6.45) is 0. The number of aryl methyl sites for hydroxylation is 1. The van der Waals surface area contributed by atoms with Gasteiger partial charge in [-0.3, -0.25) is 4.72 Å². The molecule has 112 valence electrons. The van der Waals surface area contributed by atoms with Gasteiger partial charge in [-0.2, -0.15) is 0 Å². The third-order valence-corrected chi connectivity index (χ3v) is 4.59. The van der Waals surface area contributed by atoms with Gasteiger partial charge < -0.3 is 5.73 Å². The highest BCUT2D eigenvalue weighted by Crippen LogP contribution is 2.27. The van der Waals surface area contributed by atoms with Crippen LogP contribution in [0.3, 0.4) is 0 Å². The molecule has 0 radical (unpaired) electrons. The molecule has 8 heteroatoms. The standard InChI is InChI=1S/C13H11ClF2N2O2S/c1-7-4-11(16)12(6-10(7)15)18-21(19,20)13-3-2-8(17)5-9(13)14/h2-6,18H,17H2,1H3. The van der Waals surface area contributed by atoms with Crippen LogP contribution < -0.4 is 10.5 Å². The zero-order valence-electron chi connectivity index (χ0n) is 10.8. The van der Waals surface area contributed by atoms with Gasteiger partial charge in [0.05, 0.1) is 10.7 Å². The molecule has 0 saturated carbocycles. The van der Waals surface area contributed by atoms with Crippen LogP contribution in [0.4, 0.5) is 20.2 Å². The number of rotatable bonds is 3. The normalized spacial score (nSPS) is 11.4. The maximum Gasteiger partial charge on any atom is 0.263 e. The topological polar surface area (TPSA) is 72.2 Å². The zero-order chi connectivity index (χ0) is 15.8. The lowest BCUT2D eigenvalue weighted by Gasteiger charge is -2.11. The van der Waals surface area contributed by atoms with Crippen LogP contribution in [0.15, 0.2) is 35.2 Å². The number of benzene rings is 2. The first-order valence-electron chi connectivity index (χ1n) is 5.74. The van der Waals surface area contributed by atoms with Gasteiger partial charge in [0.2, 0.25) is 0 Å². The van der Waals surface area contributed by atoms with E-state index < -0.39 is 27.3 Å². The Morgan fingerprint density at radius 3 is 2.43 bits per heavy atom. The third-order valence-electron chi connectivity index (χ3n) is 2.74. The lowest BCUT2D eigenvalue weighted by Crippen LogP contribution is -2.15. The first-order chi connectivity index (χ1) is 9.70. The van der Waals surface area contributed by atoms with Crippen molar-refractivity contribution in [3.05, 3.63) is 52.6 Å². The summed E-state index contributed by atoms with van der Waals surface area (Å²) < 4.78 is 53.4. The molecular weight excluding hydrogens is 322 g/mol. The van der Waals surface area contributed by atoms with Gasteiger partial charge in [0.15, 0.2) is 0 Å². The quantitative estimate of drug-likeness (QED) is 0.847. The van der Waals surface area contributed by atoms with Gasteiger partial charge in [-0.15, -0.1) is 0 Å². The van der Waals surface area contributed by atoms with Crippen LogP contribution in [0.1, 0.15) is 5.56 Å². The van der Waals surface area contributed by atoms with Crippen molar-refractivity contribution in [3.8, 4) is 0 Å². The number of nitrogens with two attached hydrogens (primary N) is 1. The van der Waals surface area contributed by atoms with Crippen molar-refractivity contribution in [1.29, 1.82) is 0 Å². The number of nitrogens with one attached hydrogen (secondary N) is 1. The average Bonchev–Trinajstić information content (AvgIpc) is 2.35. The van der Waals surface area contributed by atoms with Crippen molar-refractivity contribution in [1.82, 2.24) is 0 Å². The molecule has 2 rings (SSSR count). The van der Waals surface area contributed by atoms with E-state index in [0.717, 1.165) is 12.1 Å². The Bertz CT molecular complexity index is 810. The van der Waals surface area contributed by atoms with E-state index in [-0.39, 0.29) is 21.2 Å². The number of nitrogen functional groups attached to an aromatic ring is 1. The Morgan fingerprint density at radius 1 is 1.14 bits per heavy atom. The first kappa shape index (κ1) is 15.5. The smallest absolute Gasteiger partial charge is 0.263 e. The molecule has 2 aromatic rings. The van der Waals surface area contributed by atoms with Crippen molar-refractivity contribution in [2.45, 2.75) is 11.8 Å². The Kier molecular flexibility index (Phi) is 4.06. The molecule has 0 aliphatic rings. The summed E-state index contributed by atoms with van der Waals surface area (Å²) in [5.74, 6) is -1.61. The maximum atomic E-state index is 13.7. The highest BCUT2D eigenvalue weighted by Gasteiger charge is 2.20. The molecule has 4 nitrogen and oxygen atoms in total. The Labute approximate surface area is 125 Å². The molecule has 0 heterocycles. The molecule has 0 bridgehead atoms. The van der Waals surface area contributed by atoms with Crippen molar-refractivity contribution in [3.63, 3.8) is 0 Å². The Balaban J connectivity index is 2.45. The van der Waals surface area contributed by atoms with Crippen LogP contribution in [-0.2, 0) is 10.0 Å². The summed E-state index contributed by atoms with van der Waals surface area (Å²) in [6.45, 7) is 1.37. The van der Waals surface area contributed by atoms with Gasteiger partial charge in [-0.25, -0.2) is 17.2 Å². The lowest BCUT2D eigenvalue weighted by atomic mass is 10.2. The molecule has 21 heavy (non-hydrogen) atoms. The van der Waals surface area contributed by atoms with E-state index in [1.54, 1.807) is 0 Å². The zero-order valence-corrected chi connectivity index (χ0v) is 12.4. The number of halogens is 3. The van der Waals surface area contributed by atoms with E-state index in [0.29, 0.717) is 0 Å². The lowest BCUT2D eigenvalue weighted by molar-refractivity contribution is 0.590. The van der Waals surface area contributed by atoms with Gasteiger partial charge in [-0.05, 0) is 36.8 Å². The fraction of sp³-hybridized carbons (Fsp3) is 0.0769. The fourth-order valence-electron chi connectivity index (χ4n) is 1.66. The summed E-state index contributed by atoms with van der Waals surface area (Å²) in [4.78, 5) is -0.279. The summed E-state index contributed by atoms with van der Waals surface area (Å²) in [7, 11) is -4.16. The third kappa shape index (κ3) is 3.25. The molecule has 0 spiro atoms. The van der Waals surface area contributed by atoms with Crippen molar-refractivity contribution in [2.24, 2.45) is 0 Å². The van der Waals surface area contributed by atoms with Crippen molar-refractivity contribution in [2.75, 3.05) is 10.5 Å². The van der Waals surface area contributed by atoms with Gasteiger partial charge in [0.25, 0.3) is 10.0 Å². The average molecular weight is 333 g/mol. The van der Waals surface area contributed by atoms with Crippen LogP contribution in [-0.4, -0.2) is 8.42 Å². The minimum absolute atomic E-state index is 0.0703. The Morgan fingerprint density at radius 2 is 1.81 bits per heavy atom. The summed E-state index contributed by atoms with van der Waals surface area (Å²) in [6, 6.07) is 5.45. The van der Waals surface area contributed by atoms with E-state index in [2.05, 4.69) is 0 Å². The molecule has 0 unspecified atom stereocenters. The minimum atomic E-state index is -4.16. The van der Waals surface area contributed by atoms with Crippen LogP contribution >= 0.6 is 11.6 Å². The largest absolute Gasteiger partial charge is 0.399 e. The van der Waals surface area contributed by atoms with E-state index in [1.807, 2.05) is 4.72 Å². The highest BCUT2D eigenvalue weighted by atomic mass is 35.5. The molecular formula is C13H11ClF2N2O2S. The van der Waals surface area contributed by atoms with E-state index in [1.165, 1.54) is 25.1 Å². The second kappa shape index (κ2) is 5.50. The number of hydrogen-bond donors (Lipinski definition) is 2. The van der Waals surface area contributed by atoms with E-state index >= 15 is 0 Å². The van der Waals surface area contributed by atoms with Crippen LogP contribution in [0.5, 0.6) is 0 Å². The van der Waals surface area contributed by atoms with Gasteiger partial charge >= 0.3 is 0 Å². The number of anilines is 2. The number of hydrogen-bond acceptors (Lipinski definition) is 3. The predicted molar refractivity (Wildman–Crippen MR) is 77.8 cm³/mol. The SMILES string of the molecule is Cc1cc(F)c(NS(=O)(=O)c2ccc(N)cc2Cl)cc1F. The maximum absolute atomic E-state index is 13.7. The number of sulfonamides is 1. The molecule has 0 aliphatic carbocycles. The highest BCUT2D eigenvalue weighted by molar-refractivity contribution is 7.92. The van der Waals surface area contributed by atoms with Gasteiger partial charge in [0, 0.05) is 11.8 Å². The summed E-state index contributed by atoms with van der Waals surface area (Å²) in [5, 5.41) is -0.115. The van der Waals surface area contributed by atoms with Gasteiger partial charge in [0.1, 0.15) is 16.5 Å². The molecule has 0 aromatic heterocycles. The first-order valence-corrected chi connectivity index (χ1v) is 7.60. The molecule has 2 aromatic carbocycles. The molecule has 0 atom stereocenters. The monoisotopic (exact) mass is 332 g/mol. The van der Waals surface area contributed by atoms with Gasteiger partial charge in [-0.1, -0.05) is 11.6 Å². The van der Waals surface area contributed by atoms with Crippen LogP contribution in [0.2, 0.25) is 5.02 Å². The molecule has 3 N–H and O–H groups in total. The van der Waals surface area contributed by atoms with E-state index in [4.69, 9.17) is 17.3 Å². The second-order valence-electron chi connectivity index (χ2n) is 4.38. The van der Waals surface area contributed by atoms with Crippen molar-refractivity contribution < 1.29 is 17.2 Å². The van der Waals surface area contributed by atoms with Crippen LogP contribution in [0, 0.1) is 18.6 Å². The second-order valence-corrected chi connectivity index (χ2v) is 6.43. The molecule has 0 amide bonds. The van der Waals surface area contributed by atoms with Crippen LogP contribution in [0.25, 0.3) is 0 Å². The van der Waals surface area contributed by atoms with Crippen molar-refractivity contribution >= 4 is 33.0 Å². The minimum Gasteiger partial charge on any atom is -0.399 e. The predicted octanol–water partition coefficient (Wildman–Crippen LogP) is 3.31. The molecule has 0 aliphatic heterocycles.